The molecule has 0 aromatic heterocycles. The molecule has 1 aromatic carbocycles. The molecule has 1 rings (SSSR count). The highest BCUT2D eigenvalue weighted by Crippen LogP contribution is 2.11. The van der Waals surface area contributed by atoms with Crippen LogP contribution in [0, 0.1) is 5.82 Å². The monoisotopic (exact) mass is 281 g/mol. The van der Waals surface area contributed by atoms with Gasteiger partial charge < -0.3 is 11.1 Å². The van der Waals surface area contributed by atoms with Gasteiger partial charge >= 0.3 is 0 Å². The van der Waals surface area contributed by atoms with Crippen LogP contribution in [0.4, 0.5) is 4.39 Å². The first-order valence-corrected chi connectivity index (χ1v) is 6.94. The van der Waals surface area contributed by atoms with E-state index in [2.05, 4.69) is 5.32 Å². The van der Waals surface area contributed by atoms with E-state index in [0.717, 1.165) is 17.7 Å². The molecular formula is C15H24FN3O. The fraction of sp³-hybridized carbons (Fsp3) is 0.533. The van der Waals surface area contributed by atoms with Crippen molar-refractivity contribution >= 4 is 5.91 Å². The van der Waals surface area contributed by atoms with Gasteiger partial charge in [-0.3, -0.25) is 9.69 Å². The number of nitrogens with zero attached hydrogens (tertiary/aromatic N) is 1. The molecule has 5 heteroatoms. The lowest BCUT2D eigenvalue weighted by Gasteiger charge is -2.21. The fourth-order valence-corrected chi connectivity index (χ4v) is 2.03. The summed E-state index contributed by atoms with van der Waals surface area (Å²) in [6, 6.07) is 4.93. The van der Waals surface area contributed by atoms with Crippen LogP contribution >= 0.6 is 0 Å². The van der Waals surface area contributed by atoms with E-state index < -0.39 is 0 Å². The maximum absolute atomic E-state index is 13.5. The van der Waals surface area contributed by atoms with E-state index in [1.54, 1.807) is 0 Å². The Morgan fingerprint density at radius 2 is 2.00 bits per heavy atom. The number of nitrogens with one attached hydrogen (secondary N) is 1. The quantitative estimate of drug-likeness (QED) is 0.798. The van der Waals surface area contributed by atoms with Gasteiger partial charge in [-0.2, -0.15) is 0 Å². The molecule has 0 radical (unpaired) electrons. The molecule has 0 saturated carbocycles. The maximum Gasteiger partial charge on any atom is 0.234 e. The van der Waals surface area contributed by atoms with Crippen LogP contribution in [-0.4, -0.2) is 29.9 Å². The van der Waals surface area contributed by atoms with Crippen molar-refractivity contribution in [2.45, 2.75) is 39.9 Å². The molecule has 0 unspecified atom stereocenters. The number of carbonyl (C=O) groups excluding carboxylic acids is 1. The predicted octanol–water partition coefficient (Wildman–Crippen LogP) is 1.63. The second-order valence-corrected chi connectivity index (χ2v) is 5.20. The molecule has 0 aliphatic rings. The number of amides is 1. The number of carbonyl (C=O) groups is 1. The molecule has 0 aliphatic carbocycles. The van der Waals surface area contributed by atoms with E-state index in [1.807, 2.05) is 31.7 Å². The summed E-state index contributed by atoms with van der Waals surface area (Å²) in [5.41, 5.74) is 7.15. The number of halogens is 1. The lowest BCUT2D eigenvalue weighted by Crippen LogP contribution is -2.39. The van der Waals surface area contributed by atoms with E-state index in [-0.39, 0.29) is 17.8 Å². The summed E-state index contributed by atoms with van der Waals surface area (Å²) in [6.45, 7) is 7.70. The number of likely N-dealkylation sites (N-methyl/N-ethyl adjacent to an activating group) is 1. The second kappa shape index (κ2) is 7.97. The molecule has 4 nitrogen and oxygen atoms in total. The van der Waals surface area contributed by atoms with Gasteiger partial charge in [-0.1, -0.05) is 13.0 Å². The summed E-state index contributed by atoms with van der Waals surface area (Å²) >= 11 is 0. The molecule has 1 aromatic rings. The Bertz CT molecular complexity index is 449. The summed E-state index contributed by atoms with van der Waals surface area (Å²) in [5.74, 6) is -0.303. The van der Waals surface area contributed by atoms with Crippen molar-refractivity contribution in [2.24, 2.45) is 5.73 Å². The minimum absolute atomic E-state index is 0.0164. The first kappa shape index (κ1) is 16.6. The van der Waals surface area contributed by atoms with Gasteiger partial charge in [-0.05, 0) is 43.7 Å². The topological polar surface area (TPSA) is 58.4 Å². The normalized spacial score (nSPS) is 11.2. The van der Waals surface area contributed by atoms with Gasteiger partial charge in [0.2, 0.25) is 5.91 Å². The Morgan fingerprint density at radius 3 is 2.55 bits per heavy atom. The molecular weight excluding hydrogens is 257 g/mol. The first-order chi connectivity index (χ1) is 9.44. The van der Waals surface area contributed by atoms with Crippen LogP contribution in [0.15, 0.2) is 18.2 Å². The van der Waals surface area contributed by atoms with Gasteiger partial charge in [0.1, 0.15) is 5.82 Å². The fourth-order valence-electron chi connectivity index (χ4n) is 2.03. The van der Waals surface area contributed by atoms with E-state index in [1.165, 1.54) is 12.1 Å². The van der Waals surface area contributed by atoms with Crippen molar-refractivity contribution in [3.05, 3.63) is 35.1 Å². The number of rotatable bonds is 7. The number of nitrogens with two attached hydrogens (primary N) is 1. The molecule has 3 N–H and O–H groups in total. The highest BCUT2D eigenvalue weighted by Gasteiger charge is 2.11. The zero-order valence-corrected chi connectivity index (χ0v) is 12.4. The van der Waals surface area contributed by atoms with Crippen molar-refractivity contribution in [3.8, 4) is 0 Å². The summed E-state index contributed by atoms with van der Waals surface area (Å²) in [5, 5.41) is 2.85. The van der Waals surface area contributed by atoms with Crippen molar-refractivity contribution in [3.63, 3.8) is 0 Å². The molecule has 1 amide bonds. The van der Waals surface area contributed by atoms with E-state index in [9.17, 15) is 9.18 Å². The Labute approximate surface area is 120 Å². The minimum Gasteiger partial charge on any atom is -0.353 e. The van der Waals surface area contributed by atoms with Crippen LogP contribution < -0.4 is 11.1 Å². The van der Waals surface area contributed by atoms with Crippen molar-refractivity contribution in [2.75, 3.05) is 13.1 Å². The van der Waals surface area contributed by atoms with E-state index >= 15 is 0 Å². The van der Waals surface area contributed by atoms with Crippen LogP contribution in [-0.2, 0) is 17.9 Å². The van der Waals surface area contributed by atoms with Crippen LogP contribution in [0.25, 0.3) is 0 Å². The average molecular weight is 281 g/mol. The maximum atomic E-state index is 13.5. The highest BCUT2D eigenvalue weighted by molar-refractivity contribution is 5.78. The van der Waals surface area contributed by atoms with Crippen LogP contribution in [0.1, 0.15) is 31.9 Å². The van der Waals surface area contributed by atoms with Crippen molar-refractivity contribution in [1.82, 2.24) is 10.2 Å². The van der Waals surface area contributed by atoms with Gasteiger partial charge in [0.25, 0.3) is 0 Å². The standard InChI is InChI=1S/C15H24FN3O/c1-4-19(10-15(20)18-11(2)3)9-13-5-12(8-17)6-14(16)7-13/h5-7,11H,4,8-10,17H2,1-3H3,(H,18,20). The van der Waals surface area contributed by atoms with E-state index in [0.29, 0.717) is 19.6 Å². The molecule has 0 fully saturated rings. The number of hydrogen-bond acceptors (Lipinski definition) is 3. The summed E-state index contributed by atoms with van der Waals surface area (Å²) < 4.78 is 13.5. The third-order valence-corrected chi connectivity index (χ3v) is 2.92. The molecule has 0 heterocycles. The molecule has 0 saturated heterocycles. The molecule has 0 aliphatic heterocycles. The van der Waals surface area contributed by atoms with E-state index in [4.69, 9.17) is 5.73 Å². The van der Waals surface area contributed by atoms with Crippen molar-refractivity contribution in [1.29, 1.82) is 0 Å². The van der Waals surface area contributed by atoms with Gasteiger partial charge in [-0.15, -0.1) is 0 Å². The Hall–Kier alpha value is -1.46. The molecule has 0 bridgehead atoms. The molecule has 20 heavy (non-hydrogen) atoms. The van der Waals surface area contributed by atoms with Crippen LogP contribution in [0.2, 0.25) is 0 Å². The Balaban J connectivity index is 2.68. The van der Waals surface area contributed by atoms with Gasteiger partial charge in [0.15, 0.2) is 0 Å². The first-order valence-electron chi connectivity index (χ1n) is 6.94. The van der Waals surface area contributed by atoms with Gasteiger partial charge in [0, 0.05) is 19.1 Å². The molecule has 0 spiro atoms. The molecule has 0 atom stereocenters. The largest absolute Gasteiger partial charge is 0.353 e. The summed E-state index contributed by atoms with van der Waals surface area (Å²) in [4.78, 5) is 13.7. The summed E-state index contributed by atoms with van der Waals surface area (Å²) in [7, 11) is 0. The Morgan fingerprint density at radius 1 is 1.35 bits per heavy atom. The van der Waals surface area contributed by atoms with Crippen molar-refractivity contribution < 1.29 is 9.18 Å². The van der Waals surface area contributed by atoms with Crippen LogP contribution in [0.3, 0.4) is 0 Å². The molecule has 112 valence electrons. The average Bonchev–Trinajstić information content (AvgIpc) is 2.36. The zero-order valence-electron chi connectivity index (χ0n) is 12.4. The zero-order chi connectivity index (χ0) is 15.1. The number of hydrogen-bond donors (Lipinski definition) is 2. The van der Waals surface area contributed by atoms with Gasteiger partial charge in [-0.25, -0.2) is 4.39 Å². The third kappa shape index (κ3) is 5.67. The SMILES string of the molecule is CCN(CC(=O)NC(C)C)Cc1cc(F)cc(CN)c1. The lowest BCUT2D eigenvalue weighted by molar-refractivity contribution is -0.122. The van der Waals surface area contributed by atoms with Gasteiger partial charge in [0.05, 0.1) is 6.54 Å². The smallest absolute Gasteiger partial charge is 0.234 e. The lowest BCUT2D eigenvalue weighted by atomic mass is 10.1. The highest BCUT2D eigenvalue weighted by atomic mass is 19.1. The predicted molar refractivity (Wildman–Crippen MR) is 78.5 cm³/mol. The number of benzene rings is 1. The minimum atomic E-state index is -0.286. The van der Waals surface area contributed by atoms with Crippen LogP contribution in [0.5, 0.6) is 0 Å². The Kier molecular flexibility index (Phi) is 6.61. The third-order valence-electron chi connectivity index (χ3n) is 2.92. The second-order valence-electron chi connectivity index (χ2n) is 5.20. The summed E-state index contributed by atoms with van der Waals surface area (Å²) in [6.07, 6.45) is 0.